The van der Waals surface area contributed by atoms with Crippen molar-refractivity contribution in [1.29, 1.82) is 0 Å². The molecule has 5 nitrogen and oxygen atoms in total. The van der Waals surface area contributed by atoms with E-state index >= 15 is 0 Å². The van der Waals surface area contributed by atoms with Crippen LogP contribution in [-0.4, -0.2) is 38.5 Å². The van der Waals surface area contributed by atoms with Crippen LogP contribution in [-0.2, 0) is 0 Å². The SMILES string of the molecule is O=C(c1ccccc1Cl)N1CCC[C@@H](c2nnc3ccccn23)C1. The Balaban J connectivity index is 1.60. The van der Waals surface area contributed by atoms with Crippen LogP contribution in [0.25, 0.3) is 5.65 Å². The molecule has 1 amide bonds. The topological polar surface area (TPSA) is 50.5 Å². The van der Waals surface area contributed by atoms with Crippen molar-refractivity contribution in [2.24, 2.45) is 0 Å². The van der Waals surface area contributed by atoms with Gasteiger partial charge in [-0.05, 0) is 37.1 Å². The fraction of sp³-hybridized carbons (Fsp3) is 0.278. The number of rotatable bonds is 2. The Labute approximate surface area is 144 Å². The minimum Gasteiger partial charge on any atom is -0.338 e. The Morgan fingerprint density at radius 1 is 1.12 bits per heavy atom. The Kier molecular flexibility index (Phi) is 3.94. The van der Waals surface area contributed by atoms with Gasteiger partial charge in [-0.25, -0.2) is 0 Å². The van der Waals surface area contributed by atoms with Gasteiger partial charge in [0.05, 0.1) is 10.6 Å². The first-order chi connectivity index (χ1) is 11.7. The highest BCUT2D eigenvalue weighted by Crippen LogP contribution is 2.28. The second-order valence-corrected chi connectivity index (χ2v) is 6.46. The van der Waals surface area contributed by atoms with Crippen molar-refractivity contribution in [3.05, 3.63) is 65.1 Å². The molecular formula is C18H17ClN4O. The van der Waals surface area contributed by atoms with E-state index in [1.54, 1.807) is 12.1 Å². The molecule has 0 saturated carbocycles. The summed E-state index contributed by atoms with van der Waals surface area (Å²) in [5.74, 6) is 1.09. The second kappa shape index (κ2) is 6.24. The summed E-state index contributed by atoms with van der Waals surface area (Å²) in [6.45, 7) is 1.39. The number of hydrogen-bond acceptors (Lipinski definition) is 3. The largest absolute Gasteiger partial charge is 0.338 e. The number of nitrogens with zero attached hydrogens (tertiary/aromatic N) is 4. The summed E-state index contributed by atoms with van der Waals surface area (Å²) in [5, 5.41) is 9.07. The molecule has 1 fully saturated rings. The Hall–Kier alpha value is -2.40. The number of likely N-dealkylation sites (tertiary alicyclic amines) is 1. The smallest absolute Gasteiger partial charge is 0.255 e. The van der Waals surface area contributed by atoms with Crippen molar-refractivity contribution >= 4 is 23.2 Å². The third-order valence-electron chi connectivity index (χ3n) is 4.52. The predicted octanol–water partition coefficient (Wildman–Crippen LogP) is 3.40. The summed E-state index contributed by atoms with van der Waals surface area (Å²) in [4.78, 5) is 14.7. The minimum absolute atomic E-state index is 0.0147. The molecule has 3 heterocycles. The first kappa shape index (κ1) is 15.1. The first-order valence-electron chi connectivity index (χ1n) is 8.07. The number of halogens is 1. The van der Waals surface area contributed by atoms with E-state index in [0.29, 0.717) is 17.1 Å². The minimum atomic E-state index is -0.0147. The molecule has 24 heavy (non-hydrogen) atoms. The summed E-state index contributed by atoms with van der Waals surface area (Å²) >= 11 is 6.18. The molecular weight excluding hydrogens is 324 g/mol. The van der Waals surface area contributed by atoms with Gasteiger partial charge in [-0.3, -0.25) is 9.20 Å². The molecule has 0 unspecified atom stereocenters. The van der Waals surface area contributed by atoms with E-state index in [-0.39, 0.29) is 11.8 Å². The molecule has 1 aliphatic heterocycles. The number of amides is 1. The van der Waals surface area contributed by atoms with Crippen LogP contribution < -0.4 is 0 Å². The number of carbonyl (C=O) groups excluding carboxylic acids is 1. The Morgan fingerprint density at radius 2 is 1.96 bits per heavy atom. The van der Waals surface area contributed by atoms with Gasteiger partial charge in [0.1, 0.15) is 5.82 Å². The lowest BCUT2D eigenvalue weighted by Gasteiger charge is -2.32. The Bertz CT molecular complexity index is 891. The third-order valence-corrected chi connectivity index (χ3v) is 4.85. The predicted molar refractivity (Wildman–Crippen MR) is 92.3 cm³/mol. The Morgan fingerprint density at radius 3 is 2.83 bits per heavy atom. The summed E-state index contributed by atoms with van der Waals surface area (Å²) in [6.07, 6.45) is 3.92. The highest BCUT2D eigenvalue weighted by Gasteiger charge is 2.29. The van der Waals surface area contributed by atoms with Gasteiger partial charge in [0.25, 0.3) is 5.91 Å². The van der Waals surface area contributed by atoms with E-state index in [4.69, 9.17) is 11.6 Å². The van der Waals surface area contributed by atoms with E-state index in [2.05, 4.69) is 10.2 Å². The molecule has 3 aromatic rings. The van der Waals surface area contributed by atoms with E-state index < -0.39 is 0 Å². The van der Waals surface area contributed by atoms with Crippen molar-refractivity contribution in [1.82, 2.24) is 19.5 Å². The van der Waals surface area contributed by atoms with Gasteiger partial charge in [-0.15, -0.1) is 10.2 Å². The molecule has 0 aliphatic carbocycles. The number of pyridine rings is 1. The lowest BCUT2D eigenvalue weighted by molar-refractivity contribution is 0.0704. The molecule has 0 spiro atoms. The quantitative estimate of drug-likeness (QED) is 0.718. The van der Waals surface area contributed by atoms with Crippen molar-refractivity contribution < 1.29 is 4.79 Å². The molecule has 0 N–H and O–H groups in total. The van der Waals surface area contributed by atoms with E-state index in [0.717, 1.165) is 30.9 Å². The zero-order chi connectivity index (χ0) is 16.5. The van der Waals surface area contributed by atoms with Gasteiger partial charge in [0.15, 0.2) is 5.65 Å². The van der Waals surface area contributed by atoms with Gasteiger partial charge in [0.2, 0.25) is 0 Å². The number of aromatic nitrogens is 3. The molecule has 1 aromatic carbocycles. The fourth-order valence-corrected chi connectivity index (χ4v) is 3.53. The second-order valence-electron chi connectivity index (χ2n) is 6.06. The number of benzene rings is 1. The van der Waals surface area contributed by atoms with E-state index in [9.17, 15) is 4.79 Å². The molecule has 1 aliphatic rings. The summed E-state index contributed by atoms with van der Waals surface area (Å²) < 4.78 is 2.01. The maximum absolute atomic E-state index is 12.8. The normalized spacial score (nSPS) is 18.0. The lowest BCUT2D eigenvalue weighted by atomic mass is 9.96. The first-order valence-corrected chi connectivity index (χ1v) is 8.45. The van der Waals surface area contributed by atoms with Crippen molar-refractivity contribution in [3.8, 4) is 0 Å². The van der Waals surface area contributed by atoms with Gasteiger partial charge in [0, 0.05) is 25.2 Å². The van der Waals surface area contributed by atoms with Crippen LogP contribution in [0.3, 0.4) is 0 Å². The van der Waals surface area contributed by atoms with Crippen LogP contribution in [0.5, 0.6) is 0 Å². The maximum atomic E-state index is 12.8. The van der Waals surface area contributed by atoms with Crippen LogP contribution in [0, 0.1) is 0 Å². The zero-order valence-corrected chi connectivity index (χ0v) is 13.9. The molecule has 1 atom stereocenters. The highest BCUT2D eigenvalue weighted by atomic mass is 35.5. The molecule has 0 radical (unpaired) electrons. The number of piperidine rings is 1. The van der Waals surface area contributed by atoms with Crippen LogP contribution in [0.4, 0.5) is 0 Å². The van der Waals surface area contributed by atoms with Gasteiger partial charge >= 0.3 is 0 Å². The number of hydrogen-bond donors (Lipinski definition) is 0. The monoisotopic (exact) mass is 340 g/mol. The van der Waals surface area contributed by atoms with Crippen LogP contribution in [0.15, 0.2) is 48.7 Å². The van der Waals surface area contributed by atoms with Crippen molar-refractivity contribution in [3.63, 3.8) is 0 Å². The van der Waals surface area contributed by atoms with Crippen LogP contribution in [0.2, 0.25) is 5.02 Å². The third kappa shape index (κ3) is 2.65. The molecule has 122 valence electrons. The van der Waals surface area contributed by atoms with Crippen LogP contribution in [0.1, 0.15) is 34.9 Å². The summed E-state index contributed by atoms with van der Waals surface area (Å²) in [5.41, 5.74) is 1.40. The average Bonchev–Trinajstić information content (AvgIpc) is 3.06. The van der Waals surface area contributed by atoms with E-state index in [1.807, 2.05) is 45.8 Å². The fourth-order valence-electron chi connectivity index (χ4n) is 3.32. The maximum Gasteiger partial charge on any atom is 0.255 e. The zero-order valence-electron chi connectivity index (χ0n) is 13.1. The van der Waals surface area contributed by atoms with Crippen LogP contribution >= 0.6 is 11.6 Å². The van der Waals surface area contributed by atoms with Gasteiger partial charge < -0.3 is 4.90 Å². The molecule has 0 bridgehead atoms. The molecule has 2 aromatic heterocycles. The van der Waals surface area contributed by atoms with Gasteiger partial charge in [-0.2, -0.15) is 0 Å². The molecule has 6 heteroatoms. The summed E-state index contributed by atoms with van der Waals surface area (Å²) in [7, 11) is 0. The molecule has 4 rings (SSSR count). The summed E-state index contributed by atoms with van der Waals surface area (Å²) in [6, 6.07) is 13.1. The lowest BCUT2D eigenvalue weighted by Crippen LogP contribution is -2.39. The standard InChI is InChI=1S/C18H17ClN4O/c19-15-8-2-1-7-14(15)18(24)22-10-5-6-13(12-22)17-21-20-16-9-3-4-11-23(16)17/h1-4,7-9,11,13H,5-6,10,12H2/t13-/m1/s1. The van der Waals surface area contributed by atoms with Crippen molar-refractivity contribution in [2.75, 3.05) is 13.1 Å². The molecule has 1 saturated heterocycles. The van der Waals surface area contributed by atoms with E-state index in [1.165, 1.54) is 0 Å². The van der Waals surface area contributed by atoms with Gasteiger partial charge in [-0.1, -0.05) is 29.8 Å². The highest BCUT2D eigenvalue weighted by molar-refractivity contribution is 6.33. The number of carbonyl (C=O) groups is 1. The van der Waals surface area contributed by atoms with Crippen molar-refractivity contribution in [2.45, 2.75) is 18.8 Å². The average molecular weight is 341 g/mol. The number of fused-ring (bicyclic) bond motifs is 1.